The molecular weight excluding hydrogens is 599 g/mol. The molecule has 0 saturated heterocycles. The van der Waals surface area contributed by atoms with Crippen LogP contribution in [0.3, 0.4) is 0 Å². The highest BCUT2D eigenvalue weighted by molar-refractivity contribution is 8.77. The Morgan fingerprint density at radius 2 is 1.30 bits per heavy atom. The van der Waals surface area contributed by atoms with Crippen molar-refractivity contribution in [3.05, 3.63) is 72.9 Å². The van der Waals surface area contributed by atoms with Crippen LogP contribution in [0.4, 0.5) is 4.79 Å². The third-order valence-corrected chi connectivity index (χ3v) is 9.16. The molecule has 3 amide bonds. The summed E-state index contributed by atoms with van der Waals surface area (Å²) in [5, 5.41) is 35.0. The number of aliphatic hydroxyl groups is 2. The van der Waals surface area contributed by atoms with Gasteiger partial charge in [0.15, 0.2) is 0 Å². The van der Waals surface area contributed by atoms with E-state index in [-0.39, 0.29) is 12.5 Å². The number of amides is 3. The Morgan fingerprint density at radius 1 is 0.795 bits per heavy atom. The molecule has 6 N–H and O–H groups in total. The fraction of sp³-hybridized carbons (Fsp3) is 0.545. The van der Waals surface area contributed by atoms with Gasteiger partial charge in [0.1, 0.15) is 6.04 Å². The van der Waals surface area contributed by atoms with Crippen LogP contribution in [0.15, 0.2) is 72.9 Å². The zero-order valence-corrected chi connectivity index (χ0v) is 28.1. The average molecular weight is 652 g/mol. The molecule has 2 unspecified atom stereocenters. The summed E-state index contributed by atoms with van der Waals surface area (Å²) in [7, 11) is 2.75. The van der Waals surface area contributed by atoms with E-state index in [4.69, 9.17) is 10.2 Å². The number of allylic oxidation sites excluding steroid dienone is 12. The first kappa shape index (κ1) is 41.3. The minimum atomic E-state index is -1.34. The summed E-state index contributed by atoms with van der Waals surface area (Å²) < 4.78 is -0.822. The van der Waals surface area contributed by atoms with E-state index >= 15 is 0 Å². The molecule has 0 heterocycles. The molecule has 0 spiro atoms. The second-order valence-corrected chi connectivity index (χ2v) is 13.3. The summed E-state index contributed by atoms with van der Waals surface area (Å²) in [6.45, 7) is 5.35. The Morgan fingerprint density at radius 3 is 1.77 bits per heavy atom. The highest BCUT2D eigenvalue weighted by atomic mass is 33.1. The number of hydrogen-bond acceptors (Lipinski definition) is 7. The normalized spacial score (nSPS) is 14.0. The zero-order valence-electron chi connectivity index (χ0n) is 26.5. The van der Waals surface area contributed by atoms with E-state index in [0.29, 0.717) is 25.1 Å². The van der Waals surface area contributed by atoms with E-state index in [1.165, 1.54) is 21.6 Å². The van der Waals surface area contributed by atoms with Crippen molar-refractivity contribution in [2.45, 2.75) is 89.0 Å². The molecule has 0 aromatic rings. The molecule has 0 bridgehead atoms. The molecule has 44 heavy (non-hydrogen) atoms. The molecular formula is C33H53N3O6S2. The maximum absolute atomic E-state index is 12.5. The molecule has 11 heteroatoms. The van der Waals surface area contributed by atoms with Gasteiger partial charge in [-0.15, -0.1) is 0 Å². The van der Waals surface area contributed by atoms with Crippen molar-refractivity contribution in [1.29, 1.82) is 0 Å². The number of carboxylic acid groups (broad SMARTS) is 1. The minimum absolute atomic E-state index is 0.0402. The second-order valence-electron chi connectivity index (χ2n) is 10.3. The summed E-state index contributed by atoms with van der Waals surface area (Å²) in [5.41, 5.74) is 0. The van der Waals surface area contributed by atoms with Gasteiger partial charge in [-0.3, -0.25) is 9.59 Å². The number of carbonyl (C=O) groups excluding carboxylic acids is 2. The molecule has 0 rings (SSSR count). The van der Waals surface area contributed by atoms with Gasteiger partial charge >= 0.3 is 6.09 Å². The van der Waals surface area contributed by atoms with Gasteiger partial charge in [-0.25, -0.2) is 4.79 Å². The molecule has 0 fully saturated rings. The van der Waals surface area contributed by atoms with Crippen LogP contribution in [-0.4, -0.2) is 75.6 Å². The van der Waals surface area contributed by atoms with Crippen molar-refractivity contribution in [3.63, 3.8) is 0 Å². The fourth-order valence-electron chi connectivity index (χ4n) is 3.48. The summed E-state index contributed by atoms with van der Waals surface area (Å²) in [6.07, 6.45) is 30.1. The quantitative estimate of drug-likeness (QED) is 0.0410. The van der Waals surface area contributed by atoms with Gasteiger partial charge in [0.25, 0.3) is 0 Å². The van der Waals surface area contributed by atoms with Gasteiger partial charge in [-0.05, 0) is 58.8 Å². The summed E-state index contributed by atoms with van der Waals surface area (Å²) >= 11 is 0. The molecule has 248 valence electrons. The van der Waals surface area contributed by atoms with E-state index in [1.54, 1.807) is 13.8 Å². The molecule has 9 nitrogen and oxygen atoms in total. The van der Waals surface area contributed by atoms with Crippen LogP contribution in [-0.2, 0) is 9.59 Å². The van der Waals surface area contributed by atoms with Gasteiger partial charge in [0.05, 0.1) is 17.5 Å². The van der Waals surface area contributed by atoms with E-state index in [9.17, 15) is 19.5 Å². The Labute approximate surface area is 271 Å². The lowest BCUT2D eigenvalue weighted by molar-refractivity contribution is -0.124. The second kappa shape index (κ2) is 27.8. The number of carbonyl (C=O) groups is 3. The monoisotopic (exact) mass is 651 g/mol. The van der Waals surface area contributed by atoms with Crippen LogP contribution in [0.2, 0.25) is 0 Å². The number of hydrogen-bond donors (Lipinski definition) is 6. The van der Waals surface area contributed by atoms with Gasteiger partial charge in [-0.1, -0.05) is 101 Å². The molecule has 0 aromatic carbocycles. The highest BCUT2D eigenvalue weighted by Crippen LogP contribution is 2.38. The predicted molar refractivity (Wildman–Crippen MR) is 186 cm³/mol. The van der Waals surface area contributed by atoms with Crippen LogP contribution >= 0.6 is 21.6 Å². The first-order chi connectivity index (χ1) is 21.1. The van der Waals surface area contributed by atoms with Crippen molar-refractivity contribution in [2.75, 3.05) is 25.4 Å². The zero-order chi connectivity index (χ0) is 32.9. The van der Waals surface area contributed by atoms with Gasteiger partial charge < -0.3 is 31.3 Å². The lowest BCUT2D eigenvalue weighted by Crippen LogP contribution is -2.56. The number of rotatable bonds is 25. The van der Waals surface area contributed by atoms with E-state index in [2.05, 4.69) is 89.7 Å². The van der Waals surface area contributed by atoms with Crippen LogP contribution in [0.25, 0.3) is 0 Å². The third kappa shape index (κ3) is 24.7. The lowest BCUT2D eigenvalue weighted by atomic mass is 10.0. The van der Waals surface area contributed by atoms with Crippen LogP contribution < -0.4 is 16.0 Å². The first-order valence-electron chi connectivity index (χ1n) is 15.2. The Hall–Kier alpha value is -2.73. The maximum atomic E-state index is 12.5. The third-order valence-electron chi connectivity index (χ3n) is 5.86. The highest BCUT2D eigenvalue weighted by Gasteiger charge is 2.37. The average Bonchev–Trinajstić information content (AvgIpc) is 2.99. The SMILES string of the molecule is CC/C=C\C/C=C\C/C=C\C/C=C\C/C=C\C/C=C\CCC(=O)NCCSSC(C)(C)C(NC(=O)O)C(=O)NCC(O)CO. The Balaban J connectivity index is 4.06. The molecule has 0 aliphatic heterocycles. The van der Waals surface area contributed by atoms with E-state index in [1.807, 2.05) is 6.08 Å². The van der Waals surface area contributed by atoms with Crippen molar-refractivity contribution in [2.24, 2.45) is 0 Å². The van der Waals surface area contributed by atoms with Gasteiger partial charge in [0, 0.05) is 25.3 Å². The minimum Gasteiger partial charge on any atom is -0.465 e. The van der Waals surface area contributed by atoms with Gasteiger partial charge in [0.2, 0.25) is 11.8 Å². The Bertz CT molecular complexity index is 977. The smallest absolute Gasteiger partial charge is 0.405 e. The molecule has 2 atom stereocenters. The molecule has 0 saturated carbocycles. The number of nitrogens with one attached hydrogen (secondary N) is 3. The van der Waals surface area contributed by atoms with Crippen LogP contribution in [0.1, 0.15) is 72.1 Å². The lowest BCUT2D eigenvalue weighted by Gasteiger charge is -2.32. The molecule has 0 radical (unpaired) electrons. The summed E-state index contributed by atoms with van der Waals surface area (Å²) in [5.74, 6) is -0.0629. The fourth-order valence-corrected chi connectivity index (χ4v) is 6.01. The topological polar surface area (TPSA) is 148 Å². The van der Waals surface area contributed by atoms with Crippen LogP contribution in [0, 0.1) is 0 Å². The van der Waals surface area contributed by atoms with Crippen molar-refractivity contribution in [3.8, 4) is 0 Å². The van der Waals surface area contributed by atoms with Crippen molar-refractivity contribution >= 4 is 39.5 Å². The summed E-state index contributed by atoms with van der Waals surface area (Å²) in [4.78, 5) is 35.8. The number of aliphatic hydroxyl groups excluding tert-OH is 2. The van der Waals surface area contributed by atoms with E-state index < -0.39 is 35.5 Å². The summed E-state index contributed by atoms with van der Waals surface area (Å²) in [6, 6.07) is -1.08. The van der Waals surface area contributed by atoms with E-state index in [0.717, 1.165) is 38.5 Å². The largest absolute Gasteiger partial charge is 0.465 e. The molecule has 0 aliphatic carbocycles. The standard InChI is InChI=1S/C33H53N3O6S2/c1-4-5-6-7-8-9-10-11-12-13-14-15-16-17-18-19-20-21-22-23-29(39)34-24-25-43-44-33(2,3)30(36-32(41)42)31(40)35-26-28(38)27-37/h5-6,8-9,11-12,14-15,17-18,20-21,28,30,36-38H,4,7,10,13,16,19,22-27H2,1-3H3,(H,34,39)(H,35,40)(H,41,42)/b6-5-,9-8-,12-11-,15-14-,18-17-,21-20-. The predicted octanol–water partition coefficient (Wildman–Crippen LogP) is 5.85. The molecule has 0 aliphatic rings. The van der Waals surface area contributed by atoms with Crippen molar-refractivity contribution < 1.29 is 29.7 Å². The van der Waals surface area contributed by atoms with Gasteiger partial charge in [-0.2, -0.15) is 0 Å². The molecule has 0 aromatic heterocycles. The first-order valence-corrected chi connectivity index (χ1v) is 17.5. The maximum Gasteiger partial charge on any atom is 0.405 e. The Kier molecular flexibility index (Phi) is 26.1. The van der Waals surface area contributed by atoms with Crippen molar-refractivity contribution in [1.82, 2.24) is 16.0 Å². The van der Waals surface area contributed by atoms with Crippen LogP contribution in [0.5, 0.6) is 0 Å².